The molecule has 21 heavy (non-hydrogen) atoms. The molecule has 0 saturated heterocycles. The minimum atomic E-state index is -0.869. The fourth-order valence-electron chi connectivity index (χ4n) is 1.81. The number of carbonyl (C=O) groups is 2. The lowest BCUT2D eigenvalue weighted by Gasteiger charge is -2.15. The summed E-state index contributed by atoms with van der Waals surface area (Å²) in [6.07, 6.45) is 0.707. The zero-order valence-corrected chi connectivity index (χ0v) is 14.7. The molecule has 1 rings (SSSR count). The summed E-state index contributed by atoms with van der Waals surface area (Å²) < 4.78 is 5.97. The van der Waals surface area contributed by atoms with E-state index < -0.39 is 5.97 Å². The van der Waals surface area contributed by atoms with Crippen LogP contribution in [0.25, 0.3) is 0 Å². The molecule has 0 bridgehead atoms. The monoisotopic (exact) mass is 425 g/mol. The van der Waals surface area contributed by atoms with Crippen molar-refractivity contribution in [3.05, 3.63) is 26.3 Å². The number of methoxy groups -OCH3 is 1. The van der Waals surface area contributed by atoms with Gasteiger partial charge < -0.3 is 15.2 Å². The number of carboxylic acid groups (broad SMARTS) is 1. The van der Waals surface area contributed by atoms with Gasteiger partial charge in [0.05, 0.1) is 17.7 Å². The highest BCUT2D eigenvalue weighted by atomic mass is 127. The highest BCUT2D eigenvalue weighted by molar-refractivity contribution is 14.1. The predicted molar refractivity (Wildman–Crippen MR) is 89.1 cm³/mol. The normalized spacial score (nSPS) is 11.8. The Morgan fingerprint density at radius 3 is 2.67 bits per heavy atom. The molecule has 1 aromatic rings. The fourth-order valence-corrected chi connectivity index (χ4v) is 2.42. The van der Waals surface area contributed by atoms with E-state index in [0.717, 1.165) is 3.57 Å². The molecule has 0 aromatic heterocycles. The Balaban J connectivity index is 2.80. The lowest BCUT2D eigenvalue weighted by atomic mass is 10.0. The van der Waals surface area contributed by atoms with Crippen LogP contribution in [0.3, 0.4) is 0 Å². The van der Waals surface area contributed by atoms with Gasteiger partial charge in [-0.1, -0.05) is 24.9 Å². The topological polar surface area (TPSA) is 75.6 Å². The van der Waals surface area contributed by atoms with E-state index in [9.17, 15) is 9.59 Å². The molecule has 0 spiro atoms. The SMILES string of the molecule is CCC(CNC(=O)c1cc(Cl)c(I)cc1OC)CC(=O)O. The maximum Gasteiger partial charge on any atom is 0.303 e. The van der Waals surface area contributed by atoms with Crippen molar-refractivity contribution in [2.24, 2.45) is 5.92 Å². The van der Waals surface area contributed by atoms with Crippen LogP contribution < -0.4 is 10.1 Å². The van der Waals surface area contributed by atoms with Crippen molar-refractivity contribution < 1.29 is 19.4 Å². The maximum atomic E-state index is 12.2. The molecule has 116 valence electrons. The predicted octanol–water partition coefficient (Wildman–Crippen LogP) is 3.18. The molecule has 0 aliphatic rings. The van der Waals surface area contributed by atoms with Crippen molar-refractivity contribution in [2.75, 3.05) is 13.7 Å². The van der Waals surface area contributed by atoms with Crippen LogP contribution in [-0.4, -0.2) is 30.6 Å². The third-order valence-electron chi connectivity index (χ3n) is 3.08. The third-order valence-corrected chi connectivity index (χ3v) is 4.60. The average molecular weight is 426 g/mol. The first-order valence-electron chi connectivity index (χ1n) is 6.42. The largest absolute Gasteiger partial charge is 0.496 e. The number of benzene rings is 1. The summed E-state index contributed by atoms with van der Waals surface area (Å²) in [7, 11) is 1.48. The molecule has 0 saturated carbocycles. The summed E-state index contributed by atoms with van der Waals surface area (Å²) in [6.45, 7) is 2.19. The van der Waals surface area contributed by atoms with Gasteiger partial charge in [0.1, 0.15) is 5.75 Å². The van der Waals surface area contributed by atoms with Crippen LogP contribution in [0.4, 0.5) is 0 Å². The Morgan fingerprint density at radius 1 is 1.48 bits per heavy atom. The molecule has 1 unspecified atom stereocenters. The van der Waals surface area contributed by atoms with Crippen molar-refractivity contribution in [3.8, 4) is 5.75 Å². The van der Waals surface area contributed by atoms with Crippen LogP contribution in [0, 0.1) is 9.49 Å². The Morgan fingerprint density at radius 2 is 2.14 bits per heavy atom. The number of aliphatic carboxylic acids is 1. The second-order valence-electron chi connectivity index (χ2n) is 4.55. The van der Waals surface area contributed by atoms with E-state index in [2.05, 4.69) is 27.9 Å². The van der Waals surface area contributed by atoms with Gasteiger partial charge in [-0.15, -0.1) is 0 Å². The van der Waals surface area contributed by atoms with E-state index in [1.807, 2.05) is 6.92 Å². The molecule has 1 amide bonds. The van der Waals surface area contributed by atoms with Crippen molar-refractivity contribution in [1.29, 1.82) is 0 Å². The van der Waals surface area contributed by atoms with Crippen molar-refractivity contribution >= 4 is 46.1 Å². The van der Waals surface area contributed by atoms with Gasteiger partial charge in [0.2, 0.25) is 0 Å². The van der Waals surface area contributed by atoms with E-state index in [-0.39, 0.29) is 18.2 Å². The number of hydrogen-bond donors (Lipinski definition) is 2. The molecule has 0 heterocycles. The number of nitrogens with one attached hydrogen (secondary N) is 1. The van der Waals surface area contributed by atoms with Gasteiger partial charge in [0.25, 0.3) is 5.91 Å². The Bertz CT molecular complexity index is 536. The van der Waals surface area contributed by atoms with E-state index in [0.29, 0.717) is 29.3 Å². The van der Waals surface area contributed by atoms with Crippen LogP contribution in [0.5, 0.6) is 5.75 Å². The van der Waals surface area contributed by atoms with E-state index >= 15 is 0 Å². The molecule has 0 aliphatic heterocycles. The number of ether oxygens (including phenoxy) is 1. The standard InChI is InChI=1S/C14H17ClINO4/c1-3-8(4-13(18)19)7-17-14(20)9-5-10(15)11(16)6-12(9)21-2/h5-6,8H,3-4,7H2,1-2H3,(H,17,20)(H,18,19). The molecule has 0 fully saturated rings. The number of hydrogen-bond acceptors (Lipinski definition) is 3. The summed E-state index contributed by atoms with van der Waals surface area (Å²) in [6, 6.07) is 3.24. The van der Waals surface area contributed by atoms with Crippen molar-refractivity contribution in [1.82, 2.24) is 5.32 Å². The highest BCUT2D eigenvalue weighted by Crippen LogP contribution is 2.28. The molecule has 0 aliphatic carbocycles. The average Bonchev–Trinajstić information content (AvgIpc) is 2.44. The minimum absolute atomic E-state index is 0.0291. The second kappa shape index (κ2) is 8.43. The van der Waals surface area contributed by atoms with E-state index in [1.54, 1.807) is 12.1 Å². The van der Waals surface area contributed by atoms with Gasteiger partial charge in [-0.05, 0) is 40.6 Å². The smallest absolute Gasteiger partial charge is 0.303 e. The van der Waals surface area contributed by atoms with Gasteiger partial charge in [-0.2, -0.15) is 0 Å². The number of rotatable bonds is 7. The molecule has 2 N–H and O–H groups in total. The van der Waals surface area contributed by atoms with Crippen LogP contribution in [0.15, 0.2) is 12.1 Å². The summed E-state index contributed by atoms with van der Waals surface area (Å²) in [5.74, 6) is -0.857. The lowest BCUT2D eigenvalue weighted by Crippen LogP contribution is -2.30. The Hall–Kier alpha value is -1.02. The maximum absolute atomic E-state index is 12.2. The van der Waals surface area contributed by atoms with Crippen LogP contribution in [0.1, 0.15) is 30.1 Å². The molecular weight excluding hydrogens is 409 g/mol. The Labute approximate surface area is 142 Å². The summed E-state index contributed by atoms with van der Waals surface area (Å²) in [5, 5.41) is 12.0. The van der Waals surface area contributed by atoms with Crippen LogP contribution in [0.2, 0.25) is 5.02 Å². The van der Waals surface area contributed by atoms with Gasteiger partial charge >= 0.3 is 5.97 Å². The van der Waals surface area contributed by atoms with Crippen molar-refractivity contribution in [3.63, 3.8) is 0 Å². The number of amides is 1. The molecule has 7 heteroatoms. The first-order chi connectivity index (χ1) is 9.88. The summed E-state index contributed by atoms with van der Waals surface area (Å²) in [4.78, 5) is 22.9. The first-order valence-corrected chi connectivity index (χ1v) is 7.87. The Kier molecular flexibility index (Phi) is 7.24. The second-order valence-corrected chi connectivity index (χ2v) is 6.12. The van der Waals surface area contributed by atoms with E-state index in [4.69, 9.17) is 21.4 Å². The minimum Gasteiger partial charge on any atom is -0.496 e. The fraction of sp³-hybridized carbons (Fsp3) is 0.429. The first kappa shape index (κ1) is 18.0. The highest BCUT2D eigenvalue weighted by Gasteiger charge is 2.17. The third kappa shape index (κ3) is 5.35. The molecule has 5 nitrogen and oxygen atoms in total. The summed E-state index contributed by atoms with van der Waals surface area (Å²) in [5.41, 5.74) is 0.341. The van der Waals surface area contributed by atoms with E-state index in [1.165, 1.54) is 7.11 Å². The van der Waals surface area contributed by atoms with Gasteiger partial charge in [-0.3, -0.25) is 9.59 Å². The van der Waals surface area contributed by atoms with Crippen LogP contribution in [-0.2, 0) is 4.79 Å². The zero-order valence-electron chi connectivity index (χ0n) is 11.8. The number of carbonyl (C=O) groups excluding carboxylic acids is 1. The zero-order chi connectivity index (χ0) is 16.0. The molecule has 1 atom stereocenters. The number of carboxylic acids is 1. The van der Waals surface area contributed by atoms with Crippen molar-refractivity contribution in [2.45, 2.75) is 19.8 Å². The summed E-state index contributed by atoms with van der Waals surface area (Å²) >= 11 is 8.08. The number of halogens is 2. The van der Waals surface area contributed by atoms with Crippen LogP contribution >= 0.6 is 34.2 Å². The van der Waals surface area contributed by atoms with Gasteiger partial charge in [-0.25, -0.2) is 0 Å². The quantitative estimate of drug-likeness (QED) is 0.658. The van der Waals surface area contributed by atoms with Gasteiger partial charge in [0.15, 0.2) is 0 Å². The molecule has 0 radical (unpaired) electrons. The van der Waals surface area contributed by atoms with Gasteiger partial charge in [0, 0.05) is 16.5 Å². The molecule has 1 aromatic carbocycles. The molecular formula is C14H17ClINO4. The lowest BCUT2D eigenvalue weighted by molar-refractivity contribution is -0.138.